The molecule has 5 heterocycles. The van der Waals surface area contributed by atoms with E-state index >= 15 is 0 Å². The van der Waals surface area contributed by atoms with Gasteiger partial charge in [0.25, 0.3) is 5.56 Å². The Balaban J connectivity index is 0.00000504. The first kappa shape index (κ1) is 37.4. The molecule has 3 aliphatic heterocycles. The van der Waals surface area contributed by atoms with Crippen molar-refractivity contribution >= 4 is 64.8 Å². The van der Waals surface area contributed by atoms with Crippen LogP contribution in [0.5, 0.6) is 0 Å². The van der Waals surface area contributed by atoms with Gasteiger partial charge >= 0.3 is 17.9 Å². The molecule has 15 nitrogen and oxygen atoms in total. The van der Waals surface area contributed by atoms with E-state index in [-0.39, 0.29) is 49.5 Å². The Bertz CT molecular complexity index is 1980. The summed E-state index contributed by atoms with van der Waals surface area (Å²) in [6.45, 7) is 4.65. The van der Waals surface area contributed by atoms with Crippen molar-refractivity contribution in [1.29, 1.82) is 0 Å². The van der Waals surface area contributed by atoms with Crippen LogP contribution in [0.15, 0.2) is 34.1 Å². The minimum Gasteiger partial charge on any atom is -0.480 e. The summed E-state index contributed by atoms with van der Waals surface area (Å²) in [5, 5.41) is 12.9. The number of carbonyl (C=O) groups is 4. The number of benzene rings is 1. The summed E-state index contributed by atoms with van der Waals surface area (Å²) >= 11 is 0. The number of aliphatic carboxylic acids is 1. The van der Waals surface area contributed by atoms with Crippen molar-refractivity contribution in [3.63, 3.8) is 0 Å². The number of cyclic esters (lactones) is 1. The summed E-state index contributed by atoms with van der Waals surface area (Å²) in [6, 6.07) is 4.63. The van der Waals surface area contributed by atoms with Gasteiger partial charge in [0.05, 0.1) is 64.6 Å². The molecule has 1 aromatic carbocycles. The van der Waals surface area contributed by atoms with Gasteiger partial charge in [0.2, 0.25) is 11.5 Å². The molecule has 16 heteroatoms. The zero-order valence-electron chi connectivity index (χ0n) is 28.5. The number of unbranched alkanes of at least 4 members (excludes halogenated alkanes) is 2. The molecule has 0 unspecified atom stereocenters. The quantitative estimate of drug-likeness (QED) is 0.109. The SMILES string of the molecule is CCCCCN1C=Nc2cccc3nc4c(c1c23)Cn1c-4cc2c(c1=O)COC(=O)[C@@]2(CC)OC(=O)C[C@@H](NC(=O)[C@@H](N)CCCN)C(=O)O.Cl. The van der Waals surface area contributed by atoms with E-state index in [1.54, 1.807) is 17.6 Å². The number of aromatic nitrogens is 2. The number of nitrogens with two attached hydrogens (primary N) is 2. The normalized spacial score (nSPS) is 17.8. The zero-order chi connectivity index (χ0) is 35.7. The number of ether oxygens (including phenoxy) is 2. The number of halogens is 1. The van der Waals surface area contributed by atoms with Crippen molar-refractivity contribution in [2.75, 3.05) is 18.0 Å². The minimum atomic E-state index is -2.05. The summed E-state index contributed by atoms with van der Waals surface area (Å²) in [4.78, 5) is 77.4. The Morgan fingerprint density at radius 2 is 1.94 bits per heavy atom. The van der Waals surface area contributed by atoms with E-state index in [1.165, 1.54) is 0 Å². The third-order valence-electron chi connectivity index (χ3n) is 9.59. The summed E-state index contributed by atoms with van der Waals surface area (Å²) in [5.74, 6) is -4.25. The van der Waals surface area contributed by atoms with Crippen molar-refractivity contribution in [3.05, 3.63) is 51.3 Å². The second kappa shape index (κ2) is 15.2. The Labute approximate surface area is 299 Å². The highest BCUT2D eigenvalue weighted by Gasteiger charge is 2.51. The van der Waals surface area contributed by atoms with E-state index < -0.39 is 53.5 Å². The number of nitrogens with zero attached hydrogens (tertiary/aromatic N) is 4. The average Bonchev–Trinajstić information content (AvgIpc) is 3.47. The predicted octanol–water partition coefficient (Wildman–Crippen LogP) is 2.75. The van der Waals surface area contributed by atoms with Crippen LogP contribution in [-0.2, 0) is 47.4 Å². The maximum Gasteiger partial charge on any atom is 0.355 e. The minimum absolute atomic E-state index is 0. The average molecular weight is 724 g/mol. The van der Waals surface area contributed by atoms with E-state index in [4.69, 9.17) is 25.9 Å². The van der Waals surface area contributed by atoms with Crippen LogP contribution in [0.25, 0.3) is 22.3 Å². The third kappa shape index (κ3) is 6.68. The molecule has 3 aromatic rings. The number of pyridine rings is 2. The number of hydrogen-bond acceptors (Lipinski definition) is 12. The Kier molecular flexibility index (Phi) is 11.1. The molecule has 51 heavy (non-hydrogen) atoms. The van der Waals surface area contributed by atoms with Crippen LogP contribution in [0.1, 0.15) is 75.5 Å². The number of hydrogen-bond donors (Lipinski definition) is 4. The second-order valence-electron chi connectivity index (χ2n) is 12.8. The number of amides is 1. The highest BCUT2D eigenvalue weighted by molar-refractivity contribution is 6.11. The standard InChI is InChI=1S/C35H41N7O8.ClH/c1-3-5-6-13-41-18-38-23-10-7-11-24-28(23)30(41)19-16-42-26(29(19)39-24)14-21-20(32(42)45)17-49-34(48)35(21,4-2)50-27(43)15-25(33(46)47)40-31(44)22(37)9-8-12-36;/h7,10-11,14,18,22,25H,3-6,8-9,12-13,15-17,36-37H2,1-2H3,(H,40,44)(H,46,47);1H/t22-,25+,35-;/m0./s1. The summed E-state index contributed by atoms with van der Waals surface area (Å²) in [6.07, 6.45) is 4.61. The van der Waals surface area contributed by atoms with Gasteiger partial charge in [-0.05, 0) is 50.4 Å². The number of carboxylic acids is 1. The van der Waals surface area contributed by atoms with Gasteiger partial charge in [-0.25, -0.2) is 19.6 Å². The van der Waals surface area contributed by atoms with Crippen molar-refractivity contribution in [3.8, 4) is 11.4 Å². The lowest BCUT2D eigenvalue weighted by Gasteiger charge is -2.36. The van der Waals surface area contributed by atoms with Gasteiger partial charge in [0.15, 0.2) is 0 Å². The number of anilines is 1. The Morgan fingerprint density at radius 1 is 1.16 bits per heavy atom. The molecule has 0 fully saturated rings. The van der Waals surface area contributed by atoms with Crippen molar-refractivity contribution in [1.82, 2.24) is 14.9 Å². The van der Waals surface area contributed by atoms with Gasteiger partial charge in [-0.2, -0.15) is 0 Å². The number of carbonyl (C=O) groups excluding carboxylic acids is 3. The molecule has 3 aliphatic rings. The molecule has 2 aromatic heterocycles. The monoisotopic (exact) mass is 723 g/mol. The molecule has 0 spiro atoms. The van der Waals surface area contributed by atoms with Crippen LogP contribution >= 0.6 is 12.4 Å². The lowest BCUT2D eigenvalue weighted by atomic mass is 9.85. The fourth-order valence-corrected chi connectivity index (χ4v) is 6.91. The van der Waals surface area contributed by atoms with Crippen molar-refractivity contribution < 1.29 is 33.8 Å². The van der Waals surface area contributed by atoms with E-state index in [9.17, 15) is 29.1 Å². The van der Waals surface area contributed by atoms with Gasteiger partial charge in [-0.3, -0.25) is 14.4 Å². The van der Waals surface area contributed by atoms with E-state index in [1.807, 2.05) is 24.5 Å². The van der Waals surface area contributed by atoms with E-state index in [0.717, 1.165) is 48.1 Å². The molecular weight excluding hydrogens is 682 g/mol. The molecule has 0 bridgehead atoms. The van der Waals surface area contributed by atoms with Gasteiger partial charge in [0.1, 0.15) is 12.6 Å². The molecule has 272 valence electrons. The van der Waals surface area contributed by atoms with Crippen LogP contribution in [0.2, 0.25) is 0 Å². The molecule has 0 saturated heterocycles. The molecule has 0 radical (unpaired) electrons. The van der Waals surface area contributed by atoms with Crippen LogP contribution in [-0.4, -0.2) is 70.0 Å². The van der Waals surface area contributed by atoms with Gasteiger partial charge in [-0.1, -0.05) is 32.8 Å². The Morgan fingerprint density at radius 3 is 2.65 bits per heavy atom. The maximum atomic E-state index is 14.2. The van der Waals surface area contributed by atoms with Gasteiger partial charge in [-0.15, -0.1) is 12.4 Å². The van der Waals surface area contributed by atoms with Crippen LogP contribution in [0.4, 0.5) is 11.4 Å². The van der Waals surface area contributed by atoms with Crippen LogP contribution < -0.4 is 27.2 Å². The number of fused-ring (bicyclic) bond motifs is 5. The molecule has 1 amide bonds. The van der Waals surface area contributed by atoms with Crippen molar-refractivity contribution in [2.45, 2.75) is 89.6 Å². The van der Waals surface area contributed by atoms with Crippen LogP contribution in [0, 0.1) is 0 Å². The first-order chi connectivity index (χ1) is 24.0. The lowest BCUT2D eigenvalue weighted by Crippen LogP contribution is -2.51. The predicted molar refractivity (Wildman–Crippen MR) is 191 cm³/mol. The van der Waals surface area contributed by atoms with Gasteiger partial charge < -0.3 is 40.8 Å². The molecular formula is C35H42ClN7O8. The smallest absolute Gasteiger partial charge is 0.355 e. The molecule has 3 atom stereocenters. The summed E-state index contributed by atoms with van der Waals surface area (Å²) < 4.78 is 12.8. The van der Waals surface area contributed by atoms with E-state index in [0.29, 0.717) is 29.9 Å². The topological polar surface area (TPSA) is 222 Å². The summed E-state index contributed by atoms with van der Waals surface area (Å²) in [5.41, 5.74) is 13.4. The molecule has 6 N–H and O–H groups in total. The van der Waals surface area contributed by atoms with Crippen molar-refractivity contribution in [2.24, 2.45) is 16.5 Å². The fourth-order valence-electron chi connectivity index (χ4n) is 6.91. The number of nitrogens with one attached hydrogen (secondary N) is 1. The fraction of sp³-hybridized carbons (Fsp3) is 0.457. The lowest BCUT2D eigenvalue weighted by molar-refractivity contribution is -0.190. The number of esters is 2. The third-order valence-corrected chi connectivity index (χ3v) is 9.59. The molecule has 6 rings (SSSR count). The molecule has 0 saturated carbocycles. The first-order valence-electron chi connectivity index (χ1n) is 17.0. The largest absolute Gasteiger partial charge is 0.480 e. The highest BCUT2D eigenvalue weighted by Crippen LogP contribution is 2.47. The highest BCUT2D eigenvalue weighted by atomic mass is 35.5. The number of aliphatic imine (C=N–C) groups is 1. The van der Waals surface area contributed by atoms with Gasteiger partial charge in [0, 0.05) is 17.7 Å². The number of carboxylic acid groups (broad SMARTS) is 1. The maximum absolute atomic E-state index is 14.2. The summed E-state index contributed by atoms with van der Waals surface area (Å²) in [7, 11) is 0. The van der Waals surface area contributed by atoms with Crippen LogP contribution in [0.3, 0.4) is 0 Å². The molecule has 0 aliphatic carbocycles. The number of rotatable bonds is 14. The second-order valence-corrected chi connectivity index (χ2v) is 12.8. The zero-order valence-corrected chi connectivity index (χ0v) is 29.3. The first-order valence-corrected chi connectivity index (χ1v) is 17.0. The Hall–Kier alpha value is -4.86. The van der Waals surface area contributed by atoms with E-state index in [2.05, 4.69) is 22.1 Å².